The summed E-state index contributed by atoms with van der Waals surface area (Å²) in [7, 11) is 0. The van der Waals surface area contributed by atoms with Gasteiger partial charge in [-0.2, -0.15) is 0 Å². The third-order valence-electron chi connectivity index (χ3n) is 4.02. The minimum absolute atomic E-state index is 0. The normalized spacial score (nSPS) is 19.1. The van der Waals surface area contributed by atoms with E-state index in [4.69, 9.17) is 0 Å². The Morgan fingerprint density at radius 1 is 1.24 bits per heavy atom. The molecule has 17 heavy (non-hydrogen) atoms. The molecule has 1 aromatic rings. The zero-order chi connectivity index (χ0) is 11.5. The smallest absolute Gasteiger partial charge is 0.0228 e. The molecule has 0 radical (unpaired) electrons. The monoisotopic (exact) mass is 232 g/mol. The number of hydrogen-bond donors (Lipinski definition) is 0. The first-order chi connectivity index (χ1) is 7.72. The molecule has 0 bridgehead atoms. The van der Waals surface area contributed by atoms with Gasteiger partial charge in [0.15, 0.2) is 0 Å². The van der Waals surface area contributed by atoms with E-state index in [2.05, 4.69) is 38.6 Å². The van der Waals surface area contributed by atoms with Gasteiger partial charge in [0, 0.05) is 0 Å². The second-order valence-corrected chi connectivity index (χ2v) is 5.27. The molecule has 0 saturated heterocycles. The van der Waals surface area contributed by atoms with Crippen molar-refractivity contribution in [2.24, 2.45) is 11.8 Å². The molecule has 0 aromatic heterocycles. The van der Waals surface area contributed by atoms with E-state index in [-0.39, 0.29) is 5.48 Å². The maximum absolute atomic E-state index is 3.92. The predicted molar refractivity (Wildman–Crippen MR) is 75.1 cm³/mol. The van der Waals surface area contributed by atoms with Crippen molar-refractivity contribution in [1.29, 1.82) is 0 Å². The lowest BCUT2D eigenvalue weighted by molar-refractivity contribution is 0.345. The molecule has 0 saturated carbocycles. The maximum atomic E-state index is 3.92. The van der Waals surface area contributed by atoms with Crippen molar-refractivity contribution in [3.63, 3.8) is 0 Å². The summed E-state index contributed by atoms with van der Waals surface area (Å²) in [5.74, 6) is 1.71. The summed E-state index contributed by atoms with van der Waals surface area (Å²) in [5, 5.41) is 0. The van der Waals surface area contributed by atoms with Crippen molar-refractivity contribution in [2.45, 2.75) is 39.5 Å². The Kier molecular flexibility index (Phi) is 4.95. The molecular weight excluding hydrogens is 208 g/mol. The van der Waals surface area contributed by atoms with Crippen LogP contribution in [0.15, 0.2) is 24.8 Å². The van der Waals surface area contributed by atoms with Crippen molar-refractivity contribution in [3.8, 4) is 0 Å². The summed E-state index contributed by atoms with van der Waals surface area (Å²) in [6.07, 6.45) is 7.19. The first-order valence-electron chi connectivity index (χ1n) is 6.45. The highest BCUT2D eigenvalue weighted by atomic mass is 16.0. The molecule has 0 amide bonds. The molecule has 2 rings (SSSR count). The van der Waals surface area contributed by atoms with Gasteiger partial charge in [0.2, 0.25) is 0 Å². The van der Waals surface area contributed by atoms with Crippen molar-refractivity contribution in [1.82, 2.24) is 0 Å². The standard InChI is InChI=1S/C16H22.H2O/c1-4-13-6-5-7-15-9-8-14(12(2)3)10-11-16(13)15;/h4-7,12,14H,1,8-11H2,2-3H3;1H2. The van der Waals surface area contributed by atoms with Gasteiger partial charge in [-0.3, -0.25) is 0 Å². The van der Waals surface area contributed by atoms with Crippen LogP contribution in [0, 0.1) is 11.8 Å². The quantitative estimate of drug-likeness (QED) is 0.697. The van der Waals surface area contributed by atoms with Gasteiger partial charge in [0.1, 0.15) is 0 Å². The molecule has 0 spiro atoms. The number of rotatable bonds is 2. The van der Waals surface area contributed by atoms with Crippen LogP contribution in [0.4, 0.5) is 0 Å². The highest BCUT2D eigenvalue weighted by Crippen LogP contribution is 2.31. The molecule has 0 aliphatic heterocycles. The molecule has 1 aliphatic rings. The predicted octanol–water partition coefficient (Wildman–Crippen LogP) is 3.66. The lowest BCUT2D eigenvalue weighted by Gasteiger charge is -2.17. The first kappa shape index (κ1) is 14.0. The topological polar surface area (TPSA) is 31.5 Å². The Labute approximate surface area is 105 Å². The largest absolute Gasteiger partial charge is 0.412 e. The molecule has 1 aromatic carbocycles. The minimum atomic E-state index is 0. The summed E-state index contributed by atoms with van der Waals surface area (Å²) in [6.45, 7) is 8.64. The average molecular weight is 232 g/mol. The Bertz CT molecular complexity index is 379. The van der Waals surface area contributed by atoms with Crippen molar-refractivity contribution in [3.05, 3.63) is 41.5 Å². The van der Waals surface area contributed by atoms with Crippen LogP contribution in [0.25, 0.3) is 6.08 Å². The van der Waals surface area contributed by atoms with Crippen LogP contribution in [0.3, 0.4) is 0 Å². The van der Waals surface area contributed by atoms with Crippen molar-refractivity contribution >= 4 is 6.08 Å². The minimum Gasteiger partial charge on any atom is -0.412 e. The summed E-state index contributed by atoms with van der Waals surface area (Å²) in [4.78, 5) is 0. The SMILES string of the molecule is C=Cc1cccc2c1CCC(C(C)C)CC2.O. The zero-order valence-electron chi connectivity index (χ0n) is 11.0. The number of fused-ring (bicyclic) bond motifs is 1. The van der Waals surface area contributed by atoms with E-state index >= 15 is 0 Å². The Balaban J connectivity index is 0.00000144. The first-order valence-corrected chi connectivity index (χ1v) is 6.45. The van der Waals surface area contributed by atoms with Gasteiger partial charge in [-0.15, -0.1) is 0 Å². The second kappa shape index (κ2) is 6.02. The van der Waals surface area contributed by atoms with Crippen LogP contribution in [0.5, 0.6) is 0 Å². The number of benzene rings is 1. The highest BCUT2D eigenvalue weighted by Gasteiger charge is 2.19. The van der Waals surface area contributed by atoms with Gasteiger partial charge in [0.05, 0.1) is 0 Å². The molecule has 1 atom stereocenters. The van der Waals surface area contributed by atoms with E-state index in [9.17, 15) is 0 Å². The lowest BCUT2D eigenvalue weighted by atomic mass is 9.88. The molecule has 2 N–H and O–H groups in total. The van der Waals surface area contributed by atoms with Gasteiger partial charge >= 0.3 is 0 Å². The van der Waals surface area contributed by atoms with Gasteiger partial charge in [0.25, 0.3) is 0 Å². The third kappa shape index (κ3) is 2.98. The van der Waals surface area contributed by atoms with Crippen LogP contribution in [0.1, 0.15) is 43.4 Å². The molecular formula is C16H24O. The average Bonchev–Trinajstić information content (AvgIpc) is 2.50. The fourth-order valence-corrected chi connectivity index (χ4v) is 2.87. The van der Waals surface area contributed by atoms with E-state index in [1.54, 1.807) is 11.1 Å². The lowest BCUT2D eigenvalue weighted by Crippen LogP contribution is -2.08. The summed E-state index contributed by atoms with van der Waals surface area (Å²) >= 11 is 0. The molecule has 0 fully saturated rings. The maximum Gasteiger partial charge on any atom is -0.0228 e. The van der Waals surface area contributed by atoms with E-state index in [0.29, 0.717) is 0 Å². The Hall–Kier alpha value is -1.08. The summed E-state index contributed by atoms with van der Waals surface area (Å²) in [5.41, 5.74) is 4.46. The third-order valence-corrected chi connectivity index (χ3v) is 4.02. The molecule has 1 aliphatic carbocycles. The molecule has 1 unspecified atom stereocenters. The van der Waals surface area contributed by atoms with Gasteiger partial charge in [-0.1, -0.05) is 44.7 Å². The number of aryl methyl sites for hydroxylation is 1. The van der Waals surface area contributed by atoms with Crippen LogP contribution in [-0.4, -0.2) is 5.48 Å². The Morgan fingerprint density at radius 3 is 2.59 bits per heavy atom. The fraction of sp³-hybridized carbons (Fsp3) is 0.500. The van der Waals surface area contributed by atoms with E-state index < -0.39 is 0 Å². The van der Waals surface area contributed by atoms with Crippen molar-refractivity contribution < 1.29 is 5.48 Å². The second-order valence-electron chi connectivity index (χ2n) is 5.27. The van der Waals surface area contributed by atoms with Crippen molar-refractivity contribution in [2.75, 3.05) is 0 Å². The Morgan fingerprint density at radius 2 is 1.94 bits per heavy atom. The molecule has 1 heteroatoms. The van der Waals surface area contributed by atoms with Gasteiger partial charge < -0.3 is 5.48 Å². The van der Waals surface area contributed by atoms with Crippen LogP contribution < -0.4 is 0 Å². The van der Waals surface area contributed by atoms with Crippen LogP contribution >= 0.6 is 0 Å². The highest BCUT2D eigenvalue weighted by molar-refractivity contribution is 5.54. The van der Waals surface area contributed by atoms with Crippen LogP contribution in [0.2, 0.25) is 0 Å². The van der Waals surface area contributed by atoms with Gasteiger partial charge in [-0.05, 0) is 54.2 Å². The summed E-state index contributed by atoms with van der Waals surface area (Å²) in [6, 6.07) is 6.66. The molecule has 94 valence electrons. The van der Waals surface area contributed by atoms with Gasteiger partial charge in [-0.25, -0.2) is 0 Å². The molecule has 1 nitrogen and oxygen atoms in total. The van der Waals surface area contributed by atoms with E-state index in [1.807, 2.05) is 6.08 Å². The molecule has 0 heterocycles. The summed E-state index contributed by atoms with van der Waals surface area (Å²) < 4.78 is 0. The van der Waals surface area contributed by atoms with Crippen LogP contribution in [-0.2, 0) is 12.8 Å². The number of hydrogen-bond acceptors (Lipinski definition) is 0. The van der Waals surface area contributed by atoms with E-state index in [1.165, 1.54) is 31.2 Å². The van der Waals surface area contributed by atoms with E-state index in [0.717, 1.165) is 11.8 Å². The zero-order valence-corrected chi connectivity index (χ0v) is 11.0. The fourth-order valence-electron chi connectivity index (χ4n) is 2.87.